The van der Waals surface area contributed by atoms with E-state index in [1.165, 1.54) is 22.5 Å². The topological polar surface area (TPSA) is 52.0 Å². The molecule has 0 N–H and O–H groups in total. The van der Waals surface area contributed by atoms with E-state index in [1.54, 1.807) is 24.3 Å². The third kappa shape index (κ3) is 2.56. The number of halogens is 1. The van der Waals surface area contributed by atoms with Gasteiger partial charge in [0.2, 0.25) is 0 Å². The van der Waals surface area contributed by atoms with Crippen LogP contribution in [0.5, 0.6) is 0 Å². The summed E-state index contributed by atoms with van der Waals surface area (Å²) >= 11 is 7.37. The number of thioether (sulfide) groups is 1. The standard InChI is InChI=1S/C18H11ClN2O2S/c19-11-5-7-12(8-6-11)21-17(23)9-14-15(22)10-24-16-4-2-1-3-13(16)18(14)20-21/h1-9H,10H2. The monoisotopic (exact) mass is 354 g/mol. The zero-order valence-electron chi connectivity index (χ0n) is 12.4. The van der Waals surface area contributed by atoms with Gasteiger partial charge >= 0.3 is 0 Å². The second-order valence-corrected chi connectivity index (χ2v) is 6.79. The summed E-state index contributed by atoms with van der Waals surface area (Å²) in [5.74, 6) is 0.217. The third-order valence-electron chi connectivity index (χ3n) is 3.80. The number of fused-ring (bicyclic) bond motifs is 3. The highest BCUT2D eigenvalue weighted by molar-refractivity contribution is 8.00. The second kappa shape index (κ2) is 5.92. The van der Waals surface area contributed by atoms with Crippen molar-refractivity contribution in [2.75, 3.05) is 5.75 Å². The van der Waals surface area contributed by atoms with Gasteiger partial charge in [0, 0.05) is 21.5 Å². The Kier molecular flexibility index (Phi) is 3.75. The van der Waals surface area contributed by atoms with Crippen LogP contribution in [0.4, 0.5) is 0 Å². The Balaban J connectivity index is 1.99. The van der Waals surface area contributed by atoms with Gasteiger partial charge in [0.1, 0.15) is 5.69 Å². The van der Waals surface area contributed by atoms with E-state index in [-0.39, 0.29) is 11.3 Å². The molecule has 0 unspecified atom stereocenters. The SMILES string of the molecule is O=C1CSc2ccccc2-c2nn(-c3ccc(Cl)cc3)c(=O)cc21. The fourth-order valence-corrected chi connectivity index (χ4v) is 3.71. The van der Waals surface area contributed by atoms with E-state index < -0.39 is 0 Å². The molecule has 0 spiro atoms. The molecule has 0 saturated heterocycles. The summed E-state index contributed by atoms with van der Waals surface area (Å²) in [6.07, 6.45) is 0. The molecule has 0 radical (unpaired) electrons. The molecule has 0 bridgehead atoms. The lowest BCUT2D eigenvalue weighted by Crippen LogP contribution is -2.23. The van der Waals surface area contributed by atoms with E-state index >= 15 is 0 Å². The van der Waals surface area contributed by atoms with E-state index in [2.05, 4.69) is 5.10 Å². The predicted molar refractivity (Wildman–Crippen MR) is 95.3 cm³/mol. The molecule has 2 aromatic carbocycles. The van der Waals surface area contributed by atoms with Gasteiger partial charge in [-0.05, 0) is 30.3 Å². The maximum Gasteiger partial charge on any atom is 0.272 e. The van der Waals surface area contributed by atoms with E-state index in [9.17, 15) is 9.59 Å². The molecule has 0 fully saturated rings. The van der Waals surface area contributed by atoms with Crippen LogP contribution in [0.25, 0.3) is 16.9 Å². The fraction of sp³-hybridized carbons (Fsp3) is 0.0556. The lowest BCUT2D eigenvalue weighted by molar-refractivity contribution is 0.102. The summed E-state index contributed by atoms with van der Waals surface area (Å²) in [4.78, 5) is 25.8. The van der Waals surface area contributed by atoms with Crippen LogP contribution < -0.4 is 5.56 Å². The maximum atomic E-state index is 12.5. The number of aromatic nitrogens is 2. The summed E-state index contributed by atoms with van der Waals surface area (Å²) in [6, 6.07) is 15.9. The normalized spacial score (nSPS) is 13.1. The van der Waals surface area contributed by atoms with Crippen LogP contribution in [0.15, 0.2) is 64.3 Å². The first-order chi connectivity index (χ1) is 11.6. The zero-order chi connectivity index (χ0) is 16.7. The van der Waals surface area contributed by atoms with Gasteiger partial charge in [0.05, 0.1) is 17.0 Å². The molecule has 1 aliphatic heterocycles. The van der Waals surface area contributed by atoms with Crippen molar-refractivity contribution in [3.8, 4) is 16.9 Å². The van der Waals surface area contributed by atoms with Gasteiger partial charge in [0.25, 0.3) is 5.56 Å². The van der Waals surface area contributed by atoms with Gasteiger partial charge in [-0.2, -0.15) is 9.78 Å². The van der Waals surface area contributed by atoms with Crippen LogP contribution in [-0.4, -0.2) is 21.3 Å². The first kappa shape index (κ1) is 15.2. The molecular formula is C18H11ClN2O2S. The molecular weight excluding hydrogens is 344 g/mol. The molecule has 4 rings (SSSR count). The molecule has 0 aliphatic carbocycles. The van der Waals surface area contributed by atoms with E-state index in [4.69, 9.17) is 11.6 Å². The summed E-state index contributed by atoms with van der Waals surface area (Å²) in [6.45, 7) is 0. The predicted octanol–water partition coefficient (Wildman–Crippen LogP) is 3.84. The largest absolute Gasteiger partial charge is 0.293 e. The van der Waals surface area contributed by atoms with Crippen LogP contribution >= 0.6 is 23.4 Å². The van der Waals surface area contributed by atoms with Gasteiger partial charge < -0.3 is 0 Å². The fourth-order valence-electron chi connectivity index (χ4n) is 2.64. The Morgan fingerprint density at radius 3 is 2.54 bits per heavy atom. The summed E-state index contributed by atoms with van der Waals surface area (Å²) < 4.78 is 1.30. The van der Waals surface area contributed by atoms with Crippen LogP contribution in [0.1, 0.15) is 10.4 Å². The Bertz CT molecular complexity index is 1010. The Morgan fingerprint density at radius 2 is 1.75 bits per heavy atom. The van der Waals surface area contributed by atoms with Crippen molar-refractivity contribution < 1.29 is 4.79 Å². The van der Waals surface area contributed by atoms with Crippen molar-refractivity contribution in [2.24, 2.45) is 0 Å². The average Bonchev–Trinajstić information content (AvgIpc) is 2.73. The van der Waals surface area contributed by atoms with Gasteiger partial charge in [-0.15, -0.1) is 11.8 Å². The second-order valence-electron chi connectivity index (χ2n) is 5.34. The number of Topliss-reactive ketones (excluding diaryl/α,β-unsaturated/α-hetero) is 1. The van der Waals surface area contributed by atoms with E-state index in [0.29, 0.717) is 27.7 Å². The van der Waals surface area contributed by atoms with E-state index in [0.717, 1.165) is 10.5 Å². The summed E-state index contributed by atoms with van der Waals surface area (Å²) in [5.41, 5.74) is 2.05. The van der Waals surface area contributed by atoms with Crippen LogP contribution in [0.2, 0.25) is 5.02 Å². The number of hydrogen-bond donors (Lipinski definition) is 0. The number of carbonyl (C=O) groups excluding carboxylic acids is 1. The smallest absolute Gasteiger partial charge is 0.272 e. The van der Waals surface area contributed by atoms with Gasteiger partial charge in [0.15, 0.2) is 5.78 Å². The molecule has 1 aliphatic rings. The van der Waals surface area contributed by atoms with Crippen LogP contribution in [0, 0.1) is 0 Å². The van der Waals surface area contributed by atoms with E-state index in [1.807, 2.05) is 24.3 Å². The number of hydrogen-bond acceptors (Lipinski definition) is 4. The van der Waals surface area contributed by atoms with Crippen molar-refractivity contribution in [2.45, 2.75) is 4.90 Å². The molecule has 2 heterocycles. The first-order valence-electron chi connectivity index (χ1n) is 7.29. The van der Waals surface area contributed by atoms with Crippen molar-refractivity contribution in [3.63, 3.8) is 0 Å². The number of ketones is 1. The highest BCUT2D eigenvalue weighted by atomic mass is 35.5. The lowest BCUT2D eigenvalue weighted by atomic mass is 10.0. The molecule has 0 saturated carbocycles. The molecule has 4 nitrogen and oxygen atoms in total. The highest BCUT2D eigenvalue weighted by Crippen LogP contribution is 2.35. The summed E-state index contributed by atoms with van der Waals surface area (Å²) in [5, 5.41) is 5.07. The molecule has 118 valence electrons. The molecule has 1 aromatic heterocycles. The number of benzene rings is 2. The first-order valence-corrected chi connectivity index (χ1v) is 8.65. The van der Waals surface area contributed by atoms with Crippen LogP contribution in [0.3, 0.4) is 0 Å². The lowest BCUT2D eigenvalue weighted by Gasteiger charge is -2.10. The van der Waals surface area contributed by atoms with Gasteiger partial charge in [-0.1, -0.05) is 29.8 Å². The molecule has 6 heteroatoms. The number of rotatable bonds is 1. The number of carbonyl (C=O) groups is 1. The molecule has 0 amide bonds. The minimum atomic E-state index is -0.339. The quantitative estimate of drug-likeness (QED) is 0.666. The van der Waals surface area contributed by atoms with Crippen LogP contribution in [-0.2, 0) is 0 Å². The maximum absolute atomic E-state index is 12.5. The van der Waals surface area contributed by atoms with Gasteiger partial charge in [-0.3, -0.25) is 9.59 Å². The Hall–Kier alpha value is -2.37. The molecule has 3 aromatic rings. The highest BCUT2D eigenvalue weighted by Gasteiger charge is 2.23. The zero-order valence-corrected chi connectivity index (χ0v) is 14.0. The molecule has 24 heavy (non-hydrogen) atoms. The third-order valence-corrected chi connectivity index (χ3v) is 5.13. The minimum Gasteiger partial charge on any atom is -0.293 e. The van der Waals surface area contributed by atoms with Crippen molar-refractivity contribution in [1.29, 1.82) is 0 Å². The number of nitrogens with zero attached hydrogens (tertiary/aromatic N) is 2. The van der Waals surface area contributed by atoms with Crippen molar-refractivity contribution in [3.05, 3.63) is 75.5 Å². The van der Waals surface area contributed by atoms with Crippen molar-refractivity contribution >= 4 is 29.1 Å². The Labute approximate surface area is 147 Å². The molecule has 0 atom stereocenters. The summed E-state index contributed by atoms with van der Waals surface area (Å²) in [7, 11) is 0. The minimum absolute atomic E-state index is 0.0842. The average molecular weight is 355 g/mol. The van der Waals surface area contributed by atoms with Gasteiger partial charge in [-0.25, -0.2) is 0 Å². The van der Waals surface area contributed by atoms with Crippen molar-refractivity contribution in [1.82, 2.24) is 9.78 Å². The Morgan fingerprint density at radius 1 is 1.00 bits per heavy atom.